The summed E-state index contributed by atoms with van der Waals surface area (Å²) in [5.41, 5.74) is 1.07. The summed E-state index contributed by atoms with van der Waals surface area (Å²) < 4.78 is 27.3. The molecule has 3 nitrogen and oxygen atoms in total. The van der Waals surface area contributed by atoms with E-state index in [0.717, 1.165) is 37.7 Å². The Balaban J connectivity index is 2.21. The third-order valence-corrected chi connectivity index (χ3v) is 6.44. The van der Waals surface area contributed by atoms with Gasteiger partial charge in [-0.05, 0) is 37.0 Å². The number of nitrogens with zero attached hydrogens (tertiary/aromatic N) is 1. The Bertz CT molecular complexity index is 536. The summed E-state index contributed by atoms with van der Waals surface area (Å²) in [6, 6.07) is 7.32. The van der Waals surface area contributed by atoms with Gasteiger partial charge >= 0.3 is 0 Å². The van der Waals surface area contributed by atoms with Gasteiger partial charge in [-0.15, -0.1) is 11.6 Å². The molecular weight excluding hydrogens is 306 g/mol. The van der Waals surface area contributed by atoms with Crippen LogP contribution in [0.3, 0.4) is 0 Å². The van der Waals surface area contributed by atoms with Crippen LogP contribution in [0.2, 0.25) is 0 Å². The van der Waals surface area contributed by atoms with Crippen molar-refractivity contribution < 1.29 is 8.42 Å². The predicted octanol–water partition coefficient (Wildman–Crippen LogP) is 3.81. The monoisotopic (exact) mass is 329 g/mol. The maximum Gasteiger partial charge on any atom is 0.243 e. The summed E-state index contributed by atoms with van der Waals surface area (Å²) in [4.78, 5) is 0.397. The van der Waals surface area contributed by atoms with Crippen LogP contribution in [0.15, 0.2) is 29.2 Å². The van der Waals surface area contributed by atoms with E-state index in [-0.39, 0.29) is 6.04 Å². The molecule has 0 saturated heterocycles. The Morgan fingerprint density at radius 3 is 2.29 bits per heavy atom. The van der Waals surface area contributed by atoms with Gasteiger partial charge in [0, 0.05) is 18.5 Å². The normalized spacial score (nSPS) is 17.3. The fraction of sp³-hybridized carbons (Fsp3) is 0.625. The first-order chi connectivity index (χ1) is 10.1. The molecule has 0 atom stereocenters. The fourth-order valence-electron chi connectivity index (χ4n) is 3.07. The number of alkyl halides is 1. The van der Waals surface area contributed by atoms with Gasteiger partial charge in [0.05, 0.1) is 4.90 Å². The van der Waals surface area contributed by atoms with Crippen LogP contribution in [0.1, 0.15) is 44.6 Å². The molecule has 2 rings (SSSR count). The molecule has 0 aliphatic heterocycles. The average molecular weight is 330 g/mol. The molecule has 0 aromatic heterocycles. The van der Waals surface area contributed by atoms with Crippen LogP contribution in [0.5, 0.6) is 0 Å². The van der Waals surface area contributed by atoms with Crippen molar-refractivity contribution in [1.82, 2.24) is 4.31 Å². The fourth-order valence-corrected chi connectivity index (χ4v) is 4.98. The molecule has 0 spiro atoms. The summed E-state index contributed by atoms with van der Waals surface area (Å²) in [5.74, 6) is 0.551. The molecule has 1 aliphatic carbocycles. The lowest BCUT2D eigenvalue weighted by Crippen LogP contribution is -2.41. The Kier molecular flexibility index (Phi) is 6.08. The molecule has 5 heteroatoms. The van der Waals surface area contributed by atoms with Gasteiger partial charge in [0.15, 0.2) is 0 Å². The summed E-state index contributed by atoms with van der Waals surface area (Å²) in [5, 5.41) is 0. The van der Waals surface area contributed by atoms with Crippen LogP contribution in [0, 0.1) is 0 Å². The highest BCUT2D eigenvalue weighted by Gasteiger charge is 2.30. The Labute approximate surface area is 133 Å². The molecule has 0 heterocycles. The zero-order valence-corrected chi connectivity index (χ0v) is 14.2. The van der Waals surface area contributed by atoms with Crippen LogP contribution < -0.4 is 0 Å². The highest BCUT2D eigenvalue weighted by atomic mass is 35.5. The molecule has 1 aromatic rings. The standard InChI is InChI=1S/C16H24ClNO2S/c1-2-18(15-6-4-3-5-7-15)21(19,20)16-10-8-14(9-11-16)12-13-17/h8-11,15H,2-7,12-13H2,1H3. The lowest BCUT2D eigenvalue weighted by molar-refractivity contribution is 0.261. The molecule has 0 radical (unpaired) electrons. The number of aryl methyl sites for hydroxylation is 1. The van der Waals surface area contributed by atoms with Crippen molar-refractivity contribution in [2.45, 2.75) is 56.4 Å². The van der Waals surface area contributed by atoms with Crippen molar-refractivity contribution in [2.75, 3.05) is 12.4 Å². The topological polar surface area (TPSA) is 37.4 Å². The van der Waals surface area contributed by atoms with Gasteiger partial charge in [0.1, 0.15) is 0 Å². The first-order valence-electron chi connectivity index (χ1n) is 7.76. The number of benzene rings is 1. The van der Waals surface area contributed by atoms with Gasteiger partial charge in [0.2, 0.25) is 10.0 Å². The van der Waals surface area contributed by atoms with Crippen LogP contribution in [0.25, 0.3) is 0 Å². The van der Waals surface area contributed by atoms with Crippen molar-refractivity contribution in [1.29, 1.82) is 0 Å². The number of sulfonamides is 1. The zero-order valence-electron chi connectivity index (χ0n) is 12.6. The van der Waals surface area contributed by atoms with E-state index in [4.69, 9.17) is 11.6 Å². The molecule has 1 aliphatic rings. The van der Waals surface area contributed by atoms with E-state index >= 15 is 0 Å². The lowest BCUT2D eigenvalue weighted by Gasteiger charge is -2.32. The quantitative estimate of drug-likeness (QED) is 0.744. The average Bonchev–Trinajstić information content (AvgIpc) is 2.50. The predicted molar refractivity (Wildman–Crippen MR) is 87.3 cm³/mol. The van der Waals surface area contributed by atoms with Crippen molar-refractivity contribution in [3.8, 4) is 0 Å². The van der Waals surface area contributed by atoms with Crippen molar-refractivity contribution in [3.05, 3.63) is 29.8 Å². The summed E-state index contributed by atoms with van der Waals surface area (Å²) >= 11 is 5.71. The van der Waals surface area contributed by atoms with Gasteiger partial charge in [-0.3, -0.25) is 0 Å². The van der Waals surface area contributed by atoms with E-state index in [2.05, 4.69) is 0 Å². The molecule has 0 unspecified atom stereocenters. The van der Waals surface area contributed by atoms with Crippen molar-refractivity contribution >= 4 is 21.6 Å². The Hall–Kier alpha value is -0.580. The second-order valence-corrected chi connectivity index (χ2v) is 7.85. The maximum absolute atomic E-state index is 12.8. The minimum Gasteiger partial charge on any atom is -0.207 e. The van der Waals surface area contributed by atoms with Gasteiger partial charge in [0.25, 0.3) is 0 Å². The molecule has 0 amide bonds. The van der Waals surface area contributed by atoms with E-state index in [1.54, 1.807) is 16.4 Å². The highest BCUT2D eigenvalue weighted by molar-refractivity contribution is 7.89. The Morgan fingerprint density at radius 1 is 1.14 bits per heavy atom. The third kappa shape index (κ3) is 3.99. The second kappa shape index (κ2) is 7.61. The summed E-state index contributed by atoms with van der Waals surface area (Å²) in [6.07, 6.45) is 6.22. The number of hydrogen-bond donors (Lipinski definition) is 0. The molecule has 1 saturated carbocycles. The number of rotatable bonds is 6. The highest BCUT2D eigenvalue weighted by Crippen LogP contribution is 2.27. The third-order valence-electron chi connectivity index (χ3n) is 4.21. The molecule has 1 fully saturated rings. The van der Waals surface area contributed by atoms with Gasteiger partial charge < -0.3 is 0 Å². The molecule has 118 valence electrons. The number of hydrogen-bond acceptors (Lipinski definition) is 2. The van der Waals surface area contributed by atoms with E-state index < -0.39 is 10.0 Å². The SMILES string of the molecule is CCN(C1CCCCC1)S(=O)(=O)c1ccc(CCCl)cc1. The molecule has 0 N–H and O–H groups in total. The van der Waals surface area contributed by atoms with Gasteiger partial charge in [-0.1, -0.05) is 38.3 Å². The van der Waals surface area contributed by atoms with Gasteiger partial charge in [-0.2, -0.15) is 4.31 Å². The smallest absolute Gasteiger partial charge is 0.207 e. The maximum atomic E-state index is 12.8. The lowest BCUT2D eigenvalue weighted by atomic mass is 9.95. The molecular formula is C16H24ClNO2S. The summed E-state index contributed by atoms with van der Waals surface area (Å²) in [6.45, 7) is 2.46. The van der Waals surface area contributed by atoms with E-state index in [1.165, 1.54) is 6.42 Å². The first kappa shape index (κ1) is 16.8. The van der Waals surface area contributed by atoms with Crippen molar-refractivity contribution in [2.24, 2.45) is 0 Å². The largest absolute Gasteiger partial charge is 0.243 e. The molecule has 0 bridgehead atoms. The molecule has 21 heavy (non-hydrogen) atoms. The van der Waals surface area contributed by atoms with Crippen molar-refractivity contribution in [3.63, 3.8) is 0 Å². The minimum absolute atomic E-state index is 0.163. The van der Waals surface area contributed by atoms with E-state index in [0.29, 0.717) is 17.3 Å². The van der Waals surface area contributed by atoms with E-state index in [1.807, 2.05) is 19.1 Å². The van der Waals surface area contributed by atoms with Crippen LogP contribution in [0.4, 0.5) is 0 Å². The van der Waals surface area contributed by atoms with E-state index in [9.17, 15) is 8.42 Å². The molecule has 1 aromatic carbocycles. The number of halogens is 1. The first-order valence-corrected chi connectivity index (χ1v) is 9.73. The van der Waals surface area contributed by atoms with Gasteiger partial charge in [-0.25, -0.2) is 8.42 Å². The minimum atomic E-state index is -3.38. The second-order valence-electron chi connectivity index (χ2n) is 5.58. The Morgan fingerprint density at radius 2 is 1.76 bits per heavy atom. The van der Waals surface area contributed by atoms with Crippen LogP contribution >= 0.6 is 11.6 Å². The van der Waals surface area contributed by atoms with Crippen LogP contribution in [-0.4, -0.2) is 31.2 Å². The van der Waals surface area contributed by atoms with Crippen LogP contribution in [-0.2, 0) is 16.4 Å². The zero-order chi connectivity index (χ0) is 15.3. The summed E-state index contributed by atoms with van der Waals surface area (Å²) in [7, 11) is -3.38.